The van der Waals surface area contributed by atoms with E-state index in [0.717, 1.165) is 22.3 Å². The fourth-order valence-electron chi connectivity index (χ4n) is 2.64. The molecule has 0 aliphatic carbocycles. The average Bonchev–Trinajstić information content (AvgIpc) is 2.68. The summed E-state index contributed by atoms with van der Waals surface area (Å²) in [5.41, 5.74) is 4.48. The van der Waals surface area contributed by atoms with E-state index in [2.05, 4.69) is 5.32 Å². The predicted molar refractivity (Wildman–Crippen MR) is 109 cm³/mol. The smallest absolute Gasteiger partial charge is 0.308 e. The number of aryl methyl sites for hydroxylation is 3. The van der Waals surface area contributed by atoms with Crippen molar-refractivity contribution in [3.63, 3.8) is 0 Å². The Morgan fingerprint density at radius 2 is 1.64 bits per heavy atom. The number of hydrogen-bond acceptors (Lipinski definition) is 4. The minimum absolute atomic E-state index is 0.00407. The quantitative estimate of drug-likeness (QED) is 0.432. The van der Waals surface area contributed by atoms with Crippen molar-refractivity contribution < 1.29 is 19.1 Å². The molecule has 0 saturated carbocycles. The first-order chi connectivity index (χ1) is 13.4. The van der Waals surface area contributed by atoms with Crippen LogP contribution in [0.5, 0.6) is 0 Å². The van der Waals surface area contributed by atoms with Crippen LogP contribution in [0.3, 0.4) is 0 Å². The SMILES string of the molecule is Cc1cc(C)c(C(=O)COC(=O)CCNC(=O)/C=C/c2ccccc2)cc1C. The molecule has 2 aromatic carbocycles. The highest BCUT2D eigenvalue weighted by Crippen LogP contribution is 2.16. The Labute approximate surface area is 165 Å². The molecule has 0 unspecified atom stereocenters. The molecule has 2 aromatic rings. The summed E-state index contributed by atoms with van der Waals surface area (Å²) in [6, 6.07) is 13.2. The summed E-state index contributed by atoms with van der Waals surface area (Å²) in [7, 11) is 0. The molecule has 0 fully saturated rings. The fraction of sp³-hybridized carbons (Fsp3) is 0.261. The van der Waals surface area contributed by atoms with Gasteiger partial charge < -0.3 is 10.1 Å². The highest BCUT2D eigenvalue weighted by molar-refractivity contribution is 5.99. The maximum Gasteiger partial charge on any atom is 0.308 e. The summed E-state index contributed by atoms with van der Waals surface area (Å²) < 4.78 is 5.04. The highest BCUT2D eigenvalue weighted by atomic mass is 16.5. The third kappa shape index (κ3) is 6.50. The maximum atomic E-state index is 12.3. The zero-order valence-corrected chi connectivity index (χ0v) is 16.5. The number of benzene rings is 2. The van der Waals surface area contributed by atoms with Gasteiger partial charge in [0, 0.05) is 18.2 Å². The van der Waals surface area contributed by atoms with Crippen molar-refractivity contribution >= 4 is 23.7 Å². The number of nitrogens with one attached hydrogen (secondary N) is 1. The van der Waals surface area contributed by atoms with Crippen molar-refractivity contribution in [3.05, 3.63) is 76.4 Å². The molecular formula is C23H25NO4. The van der Waals surface area contributed by atoms with Gasteiger partial charge in [0.05, 0.1) is 6.42 Å². The van der Waals surface area contributed by atoms with E-state index in [1.165, 1.54) is 6.08 Å². The minimum atomic E-state index is -0.526. The van der Waals surface area contributed by atoms with Crippen molar-refractivity contribution in [3.8, 4) is 0 Å². The molecule has 1 N–H and O–H groups in total. The summed E-state index contributed by atoms with van der Waals surface area (Å²) in [6.45, 7) is 5.63. The Morgan fingerprint density at radius 1 is 0.964 bits per heavy atom. The van der Waals surface area contributed by atoms with Crippen LogP contribution in [0.15, 0.2) is 48.5 Å². The van der Waals surface area contributed by atoms with Crippen LogP contribution in [0.4, 0.5) is 0 Å². The Hall–Kier alpha value is -3.21. The molecular weight excluding hydrogens is 354 g/mol. The van der Waals surface area contributed by atoms with E-state index in [-0.39, 0.29) is 31.3 Å². The minimum Gasteiger partial charge on any atom is -0.457 e. The normalized spacial score (nSPS) is 10.7. The molecule has 1 amide bonds. The second-order valence-corrected chi connectivity index (χ2v) is 6.62. The third-order valence-electron chi connectivity index (χ3n) is 4.36. The molecule has 0 bridgehead atoms. The number of hydrogen-bond donors (Lipinski definition) is 1. The van der Waals surface area contributed by atoms with Crippen LogP contribution in [-0.2, 0) is 14.3 Å². The molecule has 28 heavy (non-hydrogen) atoms. The molecule has 0 spiro atoms. The van der Waals surface area contributed by atoms with Gasteiger partial charge in [-0.2, -0.15) is 0 Å². The van der Waals surface area contributed by atoms with E-state index in [4.69, 9.17) is 4.74 Å². The van der Waals surface area contributed by atoms with Crippen LogP contribution in [0, 0.1) is 20.8 Å². The number of esters is 1. The third-order valence-corrected chi connectivity index (χ3v) is 4.36. The zero-order chi connectivity index (χ0) is 20.5. The largest absolute Gasteiger partial charge is 0.457 e. The number of ketones is 1. The van der Waals surface area contributed by atoms with Crippen LogP contribution >= 0.6 is 0 Å². The van der Waals surface area contributed by atoms with Gasteiger partial charge in [0.15, 0.2) is 6.61 Å². The van der Waals surface area contributed by atoms with Gasteiger partial charge in [-0.15, -0.1) is 0 Å². The van der Waals surface area contributed by atoms with Gasteiger partial charge in [-0.1, -0.05) is 36.4 Å². The summed E-state index contributed by atoms with van der Waals surface area (Å²) >= 11 is 0. The molecule has 0 aliphatic heterocycles. The van der Waals surface area contributed by atoms with Gasteiger partial charge in [0.25, 0.3) is 0 Å². The number of rotatable bonds is 8. The van der Waals surface area contributed by atoms with Crippen LogP contribution in [-0.4, -0.2) is 30.8 Å². The average molecular weight is 379 g/mol. The Kier molecular flexibility index (Phi) is 7.69. The van der Waals surface area contributed by atoms with E-state index in [0.29, 0.717) is 5.56 Å². The van der Waals surface area contributed by atoms with Gasteiger partial charge in [-0.05, 0) is 55.2 Å². The number of carbonyl (C=O) groups excluding carboxylic acids is 3. The number of carbonyl (C=O) groups is 3. The standard InChI is InChI=1S/C23H25NO4/c1-16-13-18(3)20(14-17(16)2)21(25)15-28-23(27)11-12-24-22(26)10-9-19-7-5-4-6-8-19/h4-10,13-14H,11-12,15H2,1-3H3,(H,24,26)/b10-9+. The summed E-state index contributed by atoms with van der Waals surface area (Å²) in [5, 5.41) is 2.61. The van der Waals surface area contributed by atoms with Gasteiger partial charge in [0.2, 0.25) is 11.7 Å². The molecule has 0 radical (unpaired) electrons. The molecule has 0 atom stereocenters. The molecule has 5 heteroatoms. The van der Waals surface area contributed by atoms with Gasteiger partial charge in [-0.25, -0.2) is 0 Å². The van der Waals surface area contributed by atoms with Crippen molar-refractivity contribution in [2.24, 2.45) is 0 Å². The van der Waals surface area contributed by atoms with Crippen LogP contribution < -0.4 is 5.32 Å². The lowest BCUT2D eigenvalue weighted by Crippen LogP contribution is -2.25. The molecule has 146 valence electrons. The lowest BCUT2D eigenvalue weighted by atomic mass is 9.98. The number of ether oxygens (including phenoxy) is 1. The van der Waals surface area contributed by atoms with Crippen molar-refractivity contribution in [1.82, 2.24) is 5.32 Å². The van der Waals surface area contributed by atoms with Crippen molar-refractivity contribution in [1.29, 1.82) is 0 Å². The molecule has 0 heterocycles. The van der Waals surface area contributed by atoms with Crippen molar-refractivity contribution in [2.75, 3.05) is 13.2 Å². The first-order valence-electron chi connectivity index (χ1n) is 9.14. The van der Waals surface area contributed by atoms with E-state index in [1.807, 2.05) is 63.2 Å². The second-order valence-electron chi connectivity index (χ2n) is 6.62. The summed E-state index contributed by atoms with van der Waals surface area (Å²) in [4.78, 5) is 35.8. The summed E-state index contributed by atoms with van der Waals surface area (Å²) in [6.07, 6.45) is 3.11. The molecule has 0 saturated heterocycles. The lowest BCUT2D eigenvalue weighted by molar-refractivity contribution is -0.142. The van der Waals surface area contributed by atoms with Crippen LogP contribution in [0.1, 0.15) is 39.0 Å². The van der Waals surface area contributed by atoms with Crippen LogP contribution in [0.25, 0.3) is 6.08 Å². The molecule has 2 rings (SSSR count). The lowest BCUT2D eigenvalue weighted by Gasteiger charge is -2.09. The van der Waals surface area contributed by atoms with Crippen LogP contribution in [0.2, 0.25) is 0 Å². The Bertz CT molecular complexity index is 885. The number of Topliss-reactive ketones (excluding diaryl/α,β-unsaturated/α-hetero) is 1. The van der Waals surface area contributed by atoms with E-state index < -0.39 is 5.97 Å². The van der Waals surface area contributed by atoms with Gasteiger partial charge in [-0.3, -0.25) is 14.4 Å². The monoisotopic (exact) mass is 379 g/mol. The van der Waals surface area contributed by atoms with Gasteiger partial charge in [0.1, 0.15) is 0 Å². The van der Waals surface area contributed by atoms with Crippen molar-refractivity contribution in [2.45, 2.75) is 27.2 Å². The first-order valence-corrected chi connectivity index (χ1v) is 9.14. The fourth-order valence-corrected chi connectivity index (χ4v) is 2.64. The zero-order valence-electron chi connectivity index (χ0n) is 16.5. The molecule has 0 aliphatic rings. The topological polar surface area (TPSA) is 72.5 Å². The Morgan fingerprint density at radius 3 is 2.36 bits per heavy atom. The Balaban J connectivity index is 1.72. The molecule has 5 nitrogen and oxygen atoms in total. The van der Waals surface area contributed by atoms with E-state index in [1.54, 1.807) is 6.08 Å². The van der Waals surface area contributed by atoms with E-state index in [9.17, 15) is 14.4 Å². The predicted octanol–water partition coefficient (Wildman–Crippen LogP) is 3.56. The highest BCUT2D eigenvalue weighted by Gasteiger charge is 2.13. The van der Waals surface area contributed by atoms with Gasteiger partial charge >= 0.3 is 5.97 Å². The first kappa shape index (κ1) is 21.1. The summed E-state index contributed by atoms with van der Waals surface area (Å²) in [5.74, 6) is -1.05. The molecule has 0 aromatic heterocycles. The second kappa shape index (κ2) is 10.2. The maximum absolute atomic E-state index is 12.3. The van der Waals surface area contributed by atoms with E-state index >= 15 is 0 Å². The number of amides is 1.